The number of hydrogen-bond donors (Lipinski definition) is 1. The summed E-state index contributed by atoms with van der Waals surface area (Å²) in [5.41, 5.74) is 2.63. The number of aryl methyl sites for hydroxylation is 2. The lowest BCUT2D eigenvalue weighted by Gasteiger charge is -2.00. The zero-order valence-corrected chi connectivity index (χ0v) is 11.8. The van der Waals surface area contributed by atoms with Crippen LogP contribution in [0.2, 0.25) is 0 Å². The van der Waals surface area contributed by atoms with Crippen molar-refractivity contribution in [2.45, 2.75) is 6.92 Å². The number of halogens is 1. The topological polar surface area (TPSA) is 55.6 Å². The lowest BCUT2D eigenvalue weighted by atomic mass is 10.3. The van der Waals surface area contributed by atoms with Gasteiger partial charge in [0.1, 0.15) is 11.5 Å². The molecule has 1 aromatic carbocycles. The average molecular weight is 289 g/mol. The molecule has 5 nitrogen and oxygen atoms in total. The zero-order chi connectivity index (χ0) is 14.1. The van der Waals surface area contributed by atoms with Crippen molar-refractivity contribution in [3.8, 4) is 10.7 Å². The molecule has 102 valence electrons. The van der Waals surface area contributed by atoms with Gasteiger partial charge in [0, 0.05) is 18.4 Å². The van der Waals surface area contributed by atoms with E-state index in [9.17, 15) is 4.39 Å². The van der Waals surface area contributed by atoms with Crippen molar-refractivity contribution < 1.29 is 4.39 Å². The fourth-order valence-corrected chi connectivity index (χ4v) is 2.42. The van der Waals surface area contributed by atoms with Crippen LogP contribution in [-0.4, -0.2) is 20.0 Å². The Morgan fingerprint density at radius 1 is 1.20 bits per heavy atom. The van der Waals surface area contributed by atoms with E-state index in [1.165, 1.54) is 23.5 Å². The molecule has 0 aliphatic rings. The summed E-state index contributed by atoms with van der Waals surface area (Å²) in [5, 5.41) is 17.0. The van der Waals surface area contributed by atoms with Crippen LogP contribution in [0, 0.1) is 12.7 Å². The molecule has 0 fully saturated rings. The molecule has 3 aromatic rings. The van der Waals surface area contributed by atoms with Crippen LogP contribution < -0.4 is 5.32 Å². The summed E-state index contributed by atoms with van der Waals surface area (Å²) in [6.07, 6.45) is 0. The van der Waals surface area contributed by atoms with Gasteiger partial charge in [-0.05, 0) is 37.3 Å². The van der Waals surface area contributed by atoms with E-state index in [0.29, 0.717) is 5.13 Å². The number of hydrogen-bond acceptors (Lipinski definition) is 5. The van der Waals surface area contributed by atoms with E-state index in [-0.39, 0.29) is 5.82 Å². The Bertz CT molecular complexity index is 712. The van der Waals surface area contributed by atoms with Crippen LogP contribution in [0.15, 0.2) is 30.3 Å². The van der Waals surface area contributed by atoms with Gasteiger partial charge in [0.15, 0.2) is 5.01 Å². The van der Waals surface area contributed by atoms with Gasteiger partial charge in [-0.3, -0.25) is 4.68 Å². The van der Waals surface area contributed by atoms with Gasteiger partial charge in [-0.2, -0.15) is 5.10 Å². The second-order valence-corrected chi connectivity index (χ2v) is 5.32. The van der Waals surface area contributed by atoms with Gasteiger partial charge in [-0.1, -0.05) is 11.3 Å². The van der Waals surface area contributed by atoms with E-state index in [1.54, 1.807) is 16.8 Å². The van der Waals surface area contributed by atoms with Gasteiger partial charge >= 0.3 is 0 Å². The third-order valence-corrected chi connectivity index (χ3v) is 3.71. The van der Waals surface area contributed by atoms with Gasteiger partial charge in [0.25, 0.3) is 0 Å². The maximum atomic E-state index is 12.8. The molecule has 0 radical (unpaired) electrons. The summed E-state index contributed by atoms with van der Waals surface area (Å²) in [7, 11) is 1.89. The predicted molar refractivity (Wildman–Crippen MR) is 76.5 cm³/mol. The molecule has 0 aliphatic carbocycles. The van der Waals surface area contributed by atoms with Gasteiger partial charge in [-0.25, -0.2) is 4.39 Å². The SMILES string of the molecule is Cc1cc(-c2nnc(Nc3ccc(F)cc3)s2)nn1C. The summed E-state index contributed by atoms with van der Waals surface area (Å²) in [4.78, 5) is 0. The average Bonchev–Trinajstić information content (AvgIpc) is 3.00. The van der Waals surface area contributed by atoms with Crippen LogP contribution in [0.3, 0.4) is 0 Å². The lowest BCUT2D eigenvalue weighted by Crippen LogP contribution is -1.92. The van der Waals surface area contributed by atoms with E-state index in [4.69, 9.17) is 0 Å². The number of nitrogens with one attached hydrogen (secondary N) is 1. The first-order valence-electron chi connectivity index (χ1n) is 5.99. The van der Waals surface area contributed by atoms with Crippen molar-refractivity contribution >= 4 is 22.2 Å². The Hall–Kier alpha value is -2.28. The maximum absolute atomic E-state index is 12.8. The molecule has 0 unspecified atom stereocenters. The van der Waals surface area contributed by atoms with E-state index in [1.807, 2.05) is 20.0 Å². The van der Waals surface area contributed by atoms with Crippen molar-refractivity contribution in [1.82, 2.24) is 20.0 Å². The Kier molecular flexibility index (Phi) is 3.19. The highest BCUT2D eigenvalue weighted by molar-refractivity contribution is 7.18. The second-order valence-electron chi connectivity index (χ2n) is 4.34. The molecule has 0 spiro atoms. The summed E-state index contributed by atoms with van der Waals surface area (Å²) >= 11 is 1.40. The first-order valence-corrected chi connectivity index (χ1v) is 6.80. The van der Waals surface area contributed by atoms with Crippen molar-refractivity contribution in [3.05, 3.63) is 41.8 Å². The second kappa shape index (κ2) is 5.01. The lowest BCUT2D eigenvalue weighted by molar-refractivity contribution is 0.628. The van der Waals surface area contributed by atoms with Crippen molar-refractivity contribution in [2.24, 2.45) is 7.05 Å². The molecular weight excluding hydrogens is 277 g/mol. The summed E-state index contributed by atoms with van der Waals surface area (Å²) in [6.45, 7) is 1.98. The Labute approximate surface area is 119 Å². The molecule has 0 bridgehead atoms. The molecule has 1 N–H and O–H groups in total. The minimum atomic E-state index is -0.266. The molecule has 2 aromatic heterocycles. The summed E-state index contributed by atoms with van der Waals surface area (Å²) in [6, 6.07) is 8.06. The van der Waals surface area contributed by atoms with Crippen LogP contribution in [0.25, 0.3) is 10.7 Å². The molecule has 0 atom stereocenters. The number of anilines is 2. The molecule has 0 saturated carbocycles. The Balaban J connectivity index is 1.81. The minimum Gasteiger partial charge on any atom is -0.330 e. The minimum absolute atomic E-state index is 0.266. The Morgan fingerprint density at radius 2 is 1.95 bits per heavy atom. The highest BCUT2D eigenvalue weighted by Crippen LogP contribution is 2.27. The predicted octanol–water partition coefficient (Wildman–Crippen LogP) is 3.13. The molecule has 0 saturated heterocycles. The van der Waals surface area contributed by atoms with E-state index < -0.39 is 0 Å². The monoisotopic (exact) mass is 289 g/mol. The van der Waals surface area contributed by atoms with Gasteiger partial charge in [-0.15, -0.1) is 10.2 Å². The number of benzene rings is 1. The molecule has 0 amide bonds. The maximum Gasteiger partial charge on any atom is 0.210 e. The van der Waals surface area contributed by atoms with E-state index in [0.717, 1.165) is 22.1 Å². The van der Waals surface area contributed by atoms with Crippen LogP contribution in [0.5, 0.6) is 0 Å². The molecule has 7 heteroatoms. The van der Waals surface area contributed by atoms with Crippen molar-refractivity contribution in [2.75, 3.05) is 5.32 Å². The number of rotatable bonds is 3. The van der Waals surface area contributed by atoms with Crippen molar-refractivity contribution in [1.29, 1.82) is 0 Å². The quantitative estimate of drug-likeness (QED) is 0.805. The summed E-state index contributed by atoms with van der Waals surface area (Å²) in [5.74, 6) is -0.266. The first kappa shape index (κ1) is 12.7. The highest BCUT2D eigenvalue weighted by Gasteiger charge is 2.10. The van der Waals surface area contributed by atoms with Crippen LogP contribution in [0.1, 0.15) is 5.69 Å². The Morgan fingerprint density at radius 3 is 2.60 bits per heavy atom. The molecule has 20 heavy (non-hydrogen) atoms. The summed E-state index contributed by atoms with van der Waals surface area (Å²) < 4.78 is 14.6. The van der Waals surface area contributed by atoms with Crippen molar-refractivity contribution in [3.63, 3.8) is 0 Å². The largest absolute Gasteiger partial charge is 0.330 e. The van der Waals surface area contributed by atoms with Crippen LogP contribution >= 0.6 is 11.3 Å². The molecule has 0 aliphatic heterocycles. The highest BCUT2D eigenvalue weighted by atomic mass is 32.1. The molecule has 3 rings (SSSR count). The first-order chi connectivity index (χ1) is 9.61. The number of nitrogens with zero attached hydrogens (tertiary/aromatic N) is 4. The fraction of sp³-hybridized carbons (Fsp3) is 0.154. The normalized spacial score (nSPS) is 10.8. The van der Waals surface area contributed by atoms with Crippen LogP contribution in [-0.2, 0) is 7.05 Å². The van der Waals surface area contributed by atoms with Gasteiger partial charge in [0.2, 0.25) is 5.13 Å². The molecule has 2 heterocycles. The third kappa shape index (κ3) is 2.53. The van der Waals surface area contributed by atoms with Gasteiger partial charge < -0.3 is 5.32 Å². The van der Waals surface area contributed by atoms with E-state index >= 15 is 0 Å². The third-order valence-electron chi connectivity index (χ3n) is 2.85. The van der Waals surface area contributed by atoms with Gasteiger partial charge in [0.05, 0.1) is 0 Å². The van der Waals surface area contributed by atoms with Crippen LogP contribution in [0.4, 0.5) is 15.2 Å². The smallest absolute Gasteiger partial charge is 0.210 e. The zero-order valence-electron chi connectivity index (χ0n) is 11.0. The standard InChI is InChI=1S/C13H12FN5S/c1-8-7-11(18-19(8)2)12-16-17-13(20-12)15-10-5-3-9(14)4-6-10/h3-7H,1-2H3,(H,15,17). The molecular formula is C13H12FN5S. The number of aromatic nitrogens is 4. The van der Waals surface area contributed by atoms with E-state index in [2.05, 4.69) is 20.6 Å². The fourth-order valence-electron chi connectivity index (χ4n) is 1.70.